The van der Waals surface area contributed by atoms with Gasteiger partial charge in [0.25, 0.3) is 23.4 Å². The van der Waals surface area contributed by atoms with Gasteiger partial charge in [-0.1, -0.05) is 30.8 Å². The fourth-order valence-corrected chi connectivity index (χ4v) is 3.70. The number of aromatic nitrogens is 2. The first-order chi connectivity index (χ1) is 14.5. The summed E-state index contributed by atoms with van der Waals surface area (Å²) < 4.78 is 0. The van der Waals surface area contributed by atoms with E-state index in [1.165, 1.54) is 17.2 Å². The fraction of sp³-hybridized carbons (Fsp3) is 0.227. The van der Waals surface area contributed by atoms with Gasteiger partial charge in [-0.25, -0.2) is 0 Å². The standard InChI is InChI=1S/C22H19N5O3/c1-14-13-26(21(29)15-6-4-3-5-7-15)10-11-27(14)22(30)19(28)17-12-24-20-16(17)8-9-18(23-2)25-20/h3-9,12,14H,10-11,13H2,1H3,(H,24,25)/t14-/m1/s1. The summed E-state index contributed by atoms with van der Waals surface area (Å²) in [4.78, 5) is 51.9. The lowest BCUT2D eigenvalue weighted by atomic mass is 10.1. The SMILES string of the molecule is [C-]#[N+]c1ccc2c(C(=O)C(=O)N3CCN(C(=O)c4ccccc4)C[C@H]3C)c[nH]c2n1. The molecular weight excluding hydrogens is 382 g/mol. The Bertz CT molecular complexity index is 1180. The highest BCUT2D eigenvalue weighted by atomic mass is 16.2. The summed E-state index contributed by atoms with van der Waals surface area (Å²) in [6.07, 6.45) is 1.45. The van der Waals surface area contributed by atoms with E-state index >= 15 is 0 Å². The smallest absolute Gasteiger partial charge is 0.295 e. The molecule has 0 saturated carbocycles. The molecule has 2 aromatic heterocycles. The van der Waals surface area contributed by atoms with E-state index in [4.69, 9.17) is 6.57 Å². The van der Waals surface area contributed by atoms with Crippen LogP contribution in [0.2, 0.25) is 0 Å². The molecule has 2 amide bonds. The Hall–Kier alpha value is -3.99. The Balaban J connectivity index is 1.49. The van der Waals surface area contributed by atoms with Crippen molar-refractivity contribution in [2.24, 2.45) is 0 Å². The number of carbonyl (C=O) groups is 3. The van der Waals surface area contributed by atoms with Gasteiger partial charge in [-0.3, -0.25) is 14.4 Å². The summed E-state index contributed by atoms with van der Waals surface area (Å²) in [7, 11) is 0. The Morgan fingerprint density at radius 1 is 1.13 bits per heavy atom. The van der Waals surface area contributed by atoms with Crippen molar-refractivity contribution < 1.29 is 14.4 Å². The predicted octanol–water partition coefficient (Wildman–Crippen LogP) is 2.67. The van der Waals surface area contributed by atoms with E-state index in [1.807, 2.05) is 25.1 Å². The number of hydrogen-bond donors (Lipinski definition) is 1. The Morgan fingerprint density at radius 2 is 1.90 bits per heavy atom. The molecule has 0 radical (unpaired) electrons. The third kappa shape index (κ3) is 3.42. The minimum Gasteiger partial charge on any atom is -0.361 e. The zero-order chi connectivity index (χ0) is 21.3. The van der Waals surface area contributed by atoms with E-state index in [0.717, 1.165) is 0 Å². The normalized spacial score (nSPS) is 16.3. The summed E-state index contributed by atoms with van der Waals surface area (Å²) in [5.74, 6) is -1.11. The molecule has 1 aliphatic rings. The molecule has 8 nitrogen and oxygen atoms in total. The number of H-pyrrole nitrogens is 1. The zero-order valence-electron chi connectivity index (χ0n) is 16.3. The second-order valence-corrected chi connectivity index (χ2v) is 7.17. The van der Waals surface area contributed by atoms with Gasteiger partial charge in [-0.2, -0.15) is 0 Å². The maximum atomic E-state index is 12.9. The number of carbonyl (C=O) groups excluding carboxylic acids is 3. The molecule has 1 saturated heterocycles. The lowest BCUT2D eigenvalue weighted by Gasteiger charge is -2.39. The average Bonchev–Trinajstić information content (AvgIpc) is 3.21. The maximum Gasteiger partial charge on any atom is 0.295 e. The van der Waals surface area contributed by atoms with Crippen LogP contribution in [-0.2, 0) is 4.79 Å². The molecule has 0 spiro atoms. The van der Waals surface area contributed by atoms with Crippen LogP contribution in [0.4, 0.5) is 5.82 Å². The molecule has 0 aliphatic carbocycles. The van der Waals surface area contributed by atoms with E-state index < -0.39 is 11.7 Å². The topological polar surface area (TPSA) is 90.7 Å². The number of fused-ring (bicyclic) bond motifs is 1. The van der Waals surface area contributed by atoms with Gasteiger partial charge in [-0.15, -0.1) is 4.98 Å². The first kappa shape index (κ1) is 19.3. The number of pyridine rings is 1. The van der Waals surface area contributed by atoms with Crippen LogP contribution in [0.3, 0.4) is 0 Å². The molecule has 0 bridgehead atoms. The van der Waals surface area contributed by atoms with Gasteiger partial charge in [-0.05, 0) is 25.1 Å². The Labute approximate surface area is 172 Å². The second-order valence-electron chi connectivity index (χ2n) is 7.17. The van der Waals surface area contributed by atoms with E-state index in [0.29, 0.717) is 29.7 Å². The van der Waals surface area contributed by atoms with Gasteiger partial charge in [0.15, 0.2) is 0 Å². The molecule has 1 aliphatic heterocycles. The number of nitrogens with zero attached hydrogens (tertiary/aromatic N) is 4. The highest BCUT2D eigenvalue weighted by Gasteiger charge is 2.34. The van der Waals surface area contributed by atoms with Crippen LogP contribution < -0.4 is 0 Å². The largest absolute Gasteiger partial charge is 0.361 e. The number of amides is 2. The van der Waals surface area contributed by atoms with Crippen LogP contribution in [0, 0.1) is 6.57 Å². The second kappa shape index (κ2) is 7.79. The first-order valence-electron chi connectivity index (χ1n) is 9.55. The van der Waals surface area contributed by atoms with Gasteiger partial charge in [0.05, 0.1) is 10.9 Å². The van der Waals surface area contributed by atoms with Crippen molar-refractivity contribution in [1.82, 2.24) is 19.8 Å². The third-order valence-electron chi connectivity index (χ3n) is 5.27. The minimum atomic E-state index is -0.631. The number of Topliss-reactive ketones (excluding diaryl/α,β-unsaturated/α-hetero) is 1. The third-order valence-corrected chi connectivity index (χ3v) is 5.27. The fourth-order valence-electron chi connectivity index (χ4n) is 3.70. The van der Waals surface area contributed by atoms with Gasteiger partial charge < -0.3 is 19.6 Å². The van der Waals surface area contributed by atoms with Gasteiger partial charge in [0, 0.05) is 37.4 Å². The van der Waals surface area contributed by atoms with Crippen LogP contribution in [-0.4, -0.2) is 63.0 Å². The molecular formula is C22H19N5O3. The molecule has 1 fully saturated rings. The van der Waals surface area contributed by atoms with E-state index in [2.05, 4.69) is 14.8 Å². The van der Waals surface area contributed by atoms with Crippen molar-refractivity contribution in [3.8, 4) is 0 Å². The number of hydrogen-bond acceptors (Lipinski definition) is 4. The number of ketones is 1. The van der Waals surface area contributed by atoms with Crippen molar-refractivity contribution in [3.63, 3.8) is 0 Å². The lowest BCUT2D eigenvalue weighted by Crippen LogP contribution is -2.56. The molecule has 30 heavy (non-hydrogen) atoms. The van der Waals surface area contributed by atoms with Crippen LogP contribution in [0.15, 0.2) is 48.7 Å². The highest BCUT2D eigenvalue weighted by molar-refractivity contribution is 6.44. The molecule has 1 atom stereocenters. The number of piperazine rings is 1. The molecule has 8 heteroatoms. The van der Waals surface area contributed by atoms with Crippen LogP contribution in [0.1, 0.15) is 27.6 Å². The molecule has 1 N–H and O–H groups in total. The van der Waals surface area contributed by atoms with Crippen molar-refractivity contribution >= 4 is 34.4 Å². The summed E-state index contributed by atoms with van der Waals surface area (Å²) in [5.41, 5.74) is 1.23. The number of benzene rings is 1. The summed E-state index contributed by atoms with van der Waals surface area (Å²) in [5, 5.41) is 0.506. The molecule has 4 rings (SSSR count). The van der Waals surface area contributed by atoms with E-state index in [9.17, 15) is 14.4 Å². The summed E-state index contributed by atoms with van der Waals surface area (Å²) in [6, 6.07) is 11.8. The van der Waals surface area contributed by atoms with Crippen LogP contribution in [0.25, 0.3) is 15.9 Å². The number of aromatic amines is 1. The molecule has 3 aromatic rings. The zero-order valence-corrected chi connectivity index (χ0v) is 16.3. The number of rotatable bonds is 3. The first-order valence-corrected chi connectivity index (χ1v) is 9.55. The minimum absolute atomic E-state index is 0.0841. The van der Waals surface area contributed by atoms with E-state index in [-0.39, 0.29) is 29.9 Å². The van der Waals surface area contributed by atoms with Crippen molar-refractivity contribution in [3.05, 3.63) is 71.2 Å². The maximum absolute atomic E-state index is 12.9. The summed E-state index contributed by atoms with van der Waals surface area (Å²) >= 11 is 0. The monoisotopic (exact) mass is 401 g/mol. The van der Waals surface area contributed by atoms with Crippen molar-refractivity contribution in [2.75, 3.05) is 19.6 Å². The van der Waals surface area contributed by atoms with Gasteiger partial charge in [0.1, 0.15) is 0 Å². The highest BCUT2D eigenvalue weighted by Crippen LogP contribution is 2.22. The number of nitrogens with one attached hydrogen (secondary N) is 1. The average molecular weight is 401 g/mol. The Morgan fingerprint density at radius 3 is 2.60 bits per heavy atom. The van der Waals surface area contributed by atoms with Crippen LogP contribution in [0.5, 0.6) is 0 Å². The quantitative estimate of drug-likeness (QED) is 0.415. The molecule has 3 heterocycles. The Kier molecular flexibility index (Phi) is 5.02. The van der Waals surface area contributed by atoms with Gasteiger partial charge in [0.2, 0.25) is 5.65 Å². The van der Waals surface area contributed by atoms with Crippen molar-refractivity contribution in [2.45, 2.75) is 13.0 Å². The lowest BCUT2D eigenvalue weighted by molar-refractivity contribution is -0.130. The molecule has 1 aromatic carbocycles. The van der Waals surface area contributed by atoms with E-state index in [1.54, 1.807) is 23.1 Å². The summed E-state index contributed by atoms with van der Waals surface area (Å²) in [6.45, 7) is 9.86. The van der Waals surface area contributed by atoms with Crippen LogP contribution >= 0.6 is 0 Å². The van der Waals surface area contributed by atoms with Crippen molar-refractivity contribution in [1.29, 1.82) is 0 Å². The predicted molar refractivity (Wildman–Crippen MR) is 110 cm³/mol. The van der Waals surface area contributed by atoms with Gasteiger partial charge >= 0.3 is 0 Å². The molecule has 0 unspecified atom stereocenters. The molecule has 150 valence electrons.